The van der Waals surface area contributed by atoms with Crippen molar-refractivity contribution in [3.63, 3.8) is 0 Å². The van der Waals surface area contributed by atoms with Gasteiger partial charge < -0.3 is 5.32 Å². The fourth-order valence-corrected chi connectivity index (χ4v) is 4.13. The molecule has 4 heteroatoms. The van der Waals surface area contributed by atoms with Gasteiger partial charge in [-0.1, -0.05) is 24.3 Å². The molecule has 17 heavy (non-hydrogen) atoms. The Morgan fingerprint density at radius 1 is 1.29 bits per heavy atom. The third-order valence-electron chi connectivity index (χ3n) is 3.37. The highest BCUT2D eigenvalue weighted by Gasteiger charge is 2.48. The molecule has 0 aliphatic heterocycles. The Morgan fingerprint density at radius 2 is 1.88 bits per heavy atom. The van der Waals surface area contributed by atoms with Crippen LogP contribution < -0.4 is 5.32 Å². The molecular formula is C13H17NO2S. The van der Waals surface area contributed by atoms with Crippen LogP contribution >= 0.6 is 0 Å². The first-order valence-electron chi connectivity index (χ1n) is 5.72. The van der Waals surface area contributed by atoms with E-state index in [2.05, 4.69) is 11.9 Å². The number of benzene rings is 1. The molecule has 1 aromatic rings. The van der Waals surface area contributed by atoms with Crippen LogP contribution in [0.4, 0.5) is 0 Å². The van der Waals surface area contributed by atoms with Gasteiger partial charge in [0.25, 0.3) is 0 Å². The van der Waals surface area contributed by atoms with Crippen LogP contribution in [-0.4, -0.2) is 13.3 Å². The maximum Gasteiger partial charge on any atom is 0.202 e. The van der Waals surface area contributed by atoms with Crippen LogP contribution in [0.15, 0.2) is 41.9 Å². The number of hydrogen-bond donors (Lipinski definition) is 1. The zero-order valence-electron chi connectivity index (χ0n) is 9.94. The zero-order valence-corrected chi connectivity index (χ0v) is 10.8. The first-order valence-corrected chi connectivity index (χ1v) is 7.20. The Morgan fingerprint density at radius 3 is 2.29 bits per heavy atom. The molecule has 1 aliphatic carbocycles. The molecule has 1 aromatic carbocycles. The van der Waals surface area contributed by atoms with E-state index in [1.165, 1.54) is 6.20 Å². The van der Waals surface area contributed by atoms with Gasteiger partial charge in [0.2, 0.25) is 9.84 Å². The lowest BCUT2D eigenvalue weighted by Gasteiger charge is -2.41. The van der Waals surface area contributed by atoms with E-state index < -0.39 is 14.7 Å². The summed E-state index contributed by atoms with van der Waals surface area (Å²) in [5.41, 5.74) is 1.06. The first-order chi connectivity index (χ1) is 8.02. The van der Waals surface area contributed by atoms with Crippen molar-refractivity contribution in [1.82, 2.24) is 5.32 Å². The van der Waals surface area contributed by atoms with Crippen molar-refractivity contribution >= 4 is 9.84 Å². The number of sulfone groups is 1. The highest BCUT2D eigenvalue weighted by molar-refractivity contribution is 7.92. The van der Waals surface area contributed by atoms with Crippen LogP contribution in [0.1, 0.15) is 24.8 Å². The summed E-state index contributed by atoms with van der Waals surface area (Å²) in [6.07, 6.45) is 3.71. The second-order valence-corrected chi connectivity index (χ2v) is 6.77. The molecule has 0 unspecified atom stereocenters. The predicted octanol–water partition coefficient (Wildman–Crippen LogP) is 2.38. The van der Waals surface area contributed by atoms with Gasteiger partial charge in [0.05, 0.1) is 4.90 Å². The van der Waals surface area contributed by atoms with Crippen LogP contribution in [0.25, 0.3) is 0 Å². The van der Waals surface area contributed by atoms with Crippen molar-refractivity contribution in [3.8, 4) is 0 Å². The molecule has 0 saturated heterocycles. The number of rotatable bonds is 4. The predicted molar refractivity (Wildman–Crippen MR) is 68.3 cm³/mol. The lowest BCUT2D eigenvalue weighted by Crippen LogP contribution is -2.54. The van der Waals surface area contributed by atoms with Gasteiger partial charge in [0.15, 0.2) is 0 Å². The van der Waals surface area contributed by atoms with E-state index in [0.29, 0.717) is 17.7 Å². The zero-order chi connectivity index (χ0) is 12.5. The second kappa shape index (κ2) is 4.18. The average molecular weight is 251 g/mol. The van der Waals surface area contributed by atoms with Gasteiger partial charge in [-0.25, -0.2) is 8.42 Å². The Balaban J connectivity index is 2.41. The summed E-state index contributed by atoms with van der Waals surface area (Å²) in [6, 6.07) is 7.01. The van der Waals surface area contributed by atoms with Gasteiger partial charge in [-0.3, -0.25) is 0 Å². The smallest absolute Gasteiger partial charge is 0.202 e. The molecule has 2 rings (SSSR count). The lowest BCUT2D eigenvalue weighted by molar-refractivity contribution is 0.306. The molecule has 1 saturated carbocycles. The first kappa shape index (κ1) is 12.2. The van der Waals surface area contributed by atoms with Crippen molar-refractivity contribution in [1.29, 1.82) is 0 Å². The topological polar surface area (TPSA) is 46.2 Å². The molecule has 3 nitrogen and oxygen atoms in total. The number of hydrogen-bond acceptors (Lipinski definition) is 3. The highest BCUT2D eigenvalue weighted by atomic mass is 32.2. The highest BCUT2D eigenvalue weighted by Crippen LogP contribution is 2.40. The van der Waals surface area contributed by atoms with E-state index in [1.807, 2.05) is 19.1 Å². The van der Waals surface area contributed by atoms with E-state index in [9.17, 15) is 8.42 Å². The molecule has 1 aliphatic rings. The summed E-state index contributed by atoms with van der Waals surface area (Å²) < 4.78 is 25.1. The minimum atomic E-state index is -3.33. The van der Waals surface area contributed by atoms with Gasteiger partial charge in [0.1, 0.15) is 4.87 Å². The molecule has 0 heterocycles. The largest absolute Gasteiger partial charge is 0.373 e. The third-order valence-corrected chi connectivity index (χ3v) is 5.82. The molecule has 0 atom stereocenters. The molecule has 1 fully saturated rings. The molecule has 0 aromatic heterocycles. The fraction of sp³-hybridized carbons (Fsp3) is 0.385. The van der Waals surface area contributed by atoms with Crippen LogP contribution in [0, 0.1) is 6.92 Å². The van der Waals surface area contributed by atoms with E-state index in [-0.39, 0.29) is 0 Å². The molecule has 0 bridgehead atoms. The molecule has 0 amide bonds. The maximum atomic E-state index is 12.5. The Hall–Kier alpha value is -1.29. The summed E-state index contributed by atoms with van der Waals surface area (Å²) >= 11 is 0. The summed E-state index contributed by atoms with van der Waals surface area (Å²) in [5.74, 6) is 0. The van der Waals surface area contributed by atoms with E-state index in [0.717, 1.165) is 12.0 Å². The third kappa shape index (κ3) is 1.86. The maximum absolute atomic E-state index is 12.5. The van der Waals surface area contributed by atoms with Gasteiger partial charge in [-0.2, -0.15) is 0 Å². The van der Waals surface area contributed by atoms with Crippen LogP contribution in [0.3, 0.4) is 0 Å². The Kier molecular flexibility index (Phi) is 3.00. The standard InChI is InChI=1S/C13H17NO2S/c1-3-14-13(9-4-10-13)17(15,16)12-7-5-11(2)6-8-12/h3,5-8,14H,1,4,9-10H2,2H3. The average Bonchev–Trinajstić information content (AvgIpc) is 2.23. The molecular weight excluding hydrogens is 234 g/mol. The number of nitrogens with one attached hydrogen (secondary N) is 1. The SMILES string of the molecule is C=CNC1(S(=O)(=O)c2ccc(C)cc2)CCC1. The van der Waals surface area contributed by atoms with E-state index >= 15 is 0 Å². The van der Waals surface area contributed by atoms with Crippen LogP contribution in [-0.2, 0) is 9.84 Å². The van der Waals surface area contributed by atoms with Gasteiger partial charge in [-0.15, -0.1) is 0 Å². The minimum absolute atomic E-state index is 0.386. The van der Waals surface area contributed by atoms with E-state index in [4.69, 9.17) is 0 Å². The van der Waals surface area contributed by atoms with Crippen molar-refractivity contribution in [2.45, 2.75) is 36.0 Å². The quantitative estimate of drug-likeness (QED) is 0.893. The second-order valence-electron chi connectivity index (χ2n) is 4.51. The number of aryl methyl sites for hydroxylation is 1. The van der Waals surface area contributed by atoms with Crippen molar-refractivity contribution in [2.75, 3.05) is 0 Å². The Labute approximate surface area is 102 Å². The van der Waals surface area contributed by atoms with Crippen molar-refractivity contribution < 1.29 is 8.42 Å². The summed E-state index contributed by atoms with van der Waals surface area (Å²) in [4.78, 5) is -0.443. The normalized spacial score (nSPS) is 18.2. The van der Waals surface area contributed by atoms with Crippen LogP contribution in [0.5, 0.6) is 0 Å². The van der Waals surface area contributed by atoms with Crippen molar-refractivity contribution in [2.24, 2.45) is 0 Å². The molecule has 1 N–H and O–H groups in total. The monoisotopic (exact) mass is 251 g/mol. The fourth-order valence-electron chi connectivity index (χ4n) is 2.12. The van der Waals surface area contributed by atoms with Gasteiger partial charge in [-0.05, 0) is 44.5 Å². The molecule has 92 valence electrons. The van der Waals surface area contributed by atoms with Crippen LogP contribution in [0.2, 0.25) is 0 Å². The lowest BCUT2D eigenvalue weighted by atomic mass is 9.92. The molecule has 0 spiro atoms. The minimum Gasteiger partial charge on any atom is -0.373 e. The van der Waals surface area contributed by atoms with Crippen molar-refractivity contribution in [3.05, 3.63) is 42.6 Å². The molecule has 0 radical (unpaired) electrons. The Bertz CT molecular complexity index is 513. The van der Waals surface area contributed by atoms with E-state index in [1.54, 1.807) is 12.1 Å². The summed E-state index contributed by atoms with van der Waals surface area (Å²) in [5, 5.41) is 2.92. The van der Waals surface area contributed by atoms with Gasteiger partial charge >= 0.3 is 0 Å². The van der Waals surface area contributed by atoms with Gasteiger partial charge in [0, 0.05) is 0 Å². The summed E-state index contributed by atoms with van der Waals surface area (Å²) in [6.45, 7) is 5.52. The summed E-state index contributed by atoms with van der Waals surface area (Å²) in [7, 11) is -3.33.